The highest BCUT2D eigenvalue weighted by Crippen LogP contribution is 2.29. The molecule has 1 fully saturated rings. The fourth-order valence-electron chi connectivity index (χ4n) is 3.24. The lowest BCUT2D eigenvalue weighted by atomic mass is 10.2. The summed E-state index contributed by atoms with van der Waals surface area (Å²) >= 11 is 12.1. The highest BCUT2D eigenvalue weighted by Gasteiger charge is 2.25. The summed E-state index contributed by atoms with van der Waals surface area (Å²) in [5.74, 6) is 0.873. The van der Waals surface area contributed by atoms with Crippen molar-refractivity contribution in [1.29, 1.82) is 0 Å². The minimum Gasteiger partial charge on any atom is -0.372 e. The first-order valence-electron chi connectivity index (χ1n) is 8.07. The minimum absolute atomic E-state index is 0.152. The van der Waals surface area contributed by atoms with Crippen LogP contribution < -0.4 is 4.90 Å². The van der Waals surface area contributed by atoms with Gasteiger partial charge in [-0.25, -0.2) is 14.6 Å². The summed E-state index contributed by atoms with van der Waals surface area (Å²) < 4.78 is 7.56. The lowest BCUT2D eigenvalue weighted by Crippen LogP contribution is -2.45. The van der Waals surface area contributed by atoms with Crippen LogP contribution in [0.25, 0.3) is 16.7 Å². The van der Waals surface area contributed by atoms with E-state index in [9.17, 15) is 0 Å². The van der Waals surface area contributed by atoms with Crippen LogP contribution in [0, 0.1) is 0 Å². The van der Waals surface area contributed by atoms with E-state index in [2.05, 4.69) is 33.8 Å². The lowest BCUT2D eigenvalue weighted by molar-refractivity contribution is -0.00537. The molecule has 0 amide bonds. The molecule has 3 aromatic rings. The first-order chi connectivity index (χ1) is 12.0. The van der Waals surface area contributed by atoms with E-state index in [1.807, 2.05) is 6.07 Å². The molecule has 3 heterocycles. The average molecular weight is 378 g/mol. The zero-order chi connectivity index (χ0) is 17.6. The Morgan fingerprint density at radius 3 is 2.56 bits per heavy atom. The highest BCUT2D eigenvalue weighted by atomic mass is 35.5. The molecule has 0 aliphatic carbocycles. The van der Waals surface area contributed by atoms with Gasteiger partial charge in [0.05, 0.1) is 39.5 Å². The van der Waals surface area contributed by atoms with Gasteiger partial charge in [0.1, 0.15) is 12.1 Å². The van der Waals surface area contributed by atoms with Crippen LogP contribution >= 0.6 is 23.2 Å². The third-order valence-electron chi connectivity index (χ3n) is 4.21. The number of benzene rings is 1. The average Bonchev–Trinajstić information content (AvgIpc) is 3.00. The van der Waals surface area contributed by atoms with Crippen molar-refractivity contribution in [2.75, 3.05) is 18.0 Å². The Labute approximate surface area is 155 Å². The fraction of sp³-hybridized carbons (Fsp3) is 0.353. The van der Waals surface area contributed by atoms with Crippen molar-refractivity contribution in [1.82, 2.24) is 19.7 Å². The van der Waals surface area contributed by atoms with Crippen molar-refractivity contribution in [3.8, 4) is 5.69 Å². The predicted molar refractivity (Wildman–Crippen MR) is 98.9 cm³/mol. The number of hydrogen-bond acceptors (Lipinski definition) is 5. The molecular formula is C17H17Cl2N5O. The van der Waals surface area contributed by atoms with Crippen LogP contribution in [-0.2, 0) is 4.74 Å². The number of anilines is 1. The van der Waals surface area contributed by atoms with Gasteiger partial charge in [-0.3, -0.25) is 0 Å². The summed E-state index contributed by atoms with van der Waals surface area (Å²) in [5, 5.41) is 6.37. The zero-order valence-corrected chi connectivity index (χ0v) is 15.4. The van der Waals surface area contributed by atoms with Crippen LogP contribution in [0.1, 0.15) is 13.8 Å². The molecule has 0 N–H and O–H groups in total. The van der Waals surface area contributed by atoms with E-state index in [-0.39, 0.29) is 12.2 Å². The van der Waals surface area contributed by atoms with Gasteiger partial charge in [0.25, 0.3) is 0 Å². The molecule has 0 unspecified atom stereocenters. The third-order valence-corrected chi connectivity index (χ3v) is 4.95. The first-order valence-corrected chi connectivity index (χ1v) is 8.83. The van der Waals surface area contributed by atoms with E-state index in [4.69, 9.17) is 27.9 Å². The number of aromatic nitrogens is 4. The molecule has 0 radical (unpaired) electrons. The maximum Gasteiger partial charge on any atom is 0.168 e. The second kappa shape index (κ2) is 6.44. The molecule has 25 heavy (non-hydrogen) atoms. The molecule has 0 saturated carbocycles. The molecular weight excluding hydrogens is 361 g/mol. The topological polar surface area (TPSA) is 56.1 Å². The van der Waals surface area contributed by atoms with Crippen molar-refractivity contribution in [3.63, 3.8) is 0 Å². The molecule has 2 aromatic heterocycles. The van der Waals surface area contributed by atoms with Crippen LogP contribution in [0.2, 0.25) is 10.0 Å². The van der Waals surface area contributed by atoms with Crippen LogP contribution in [0.15, 0.2) is 30.7 Å². The number of halogens is 2. The van der Waals surface area contributed by atoms with Crippen molar-refractivity contribution in [2.45, 2.75) is 26.1 Å². The van der Waals surface area contributed by atoms with Crippen molar-refractivity contribution in [3.05, 3.63) is 40.8 Å². The molecule has 0 bridgehead atoms. The summed E-state index contributed by atoms with van der Waals surface area (Å²) in [4.78, 5) is 11.1. The van der Waals surface area contributed by atoms with E-state index < -0.39 is 0 Å². The van der Waals surface area contributed by atoms with Gasteiger partial charge in [0.2, 0.25) is 0 Å². The molecule has 1 saturated heterocycles. The Morgan fingerprint density at radius 2 is 1.84 bits per heavy atom. The molecule has 6 nitrogen and oxygen atoms in total. The molecule has 1 aliphatic heterocycles. The van der Waals surface area contributed by atoms with Gasteiger partial charge in [-0.05, 0) is 32.0 Å². The summed E-state index contributed by atoms with van der Waals surface area (Å²) in [6.45, 7) is 5.71. The number of hydrogen-bond donors (Lipinski definition) is 0. The van der Waals surface area contributed by atoms with Gasteiger partial charge in [0, 0.05) is 13.1 Å². The largest absolute Gasteiger partial charge is 0.372 e. The number of ether oxygens (including phenoxy) is 1. The normalized spacial score (nSPS) is 21.0. The Kier molecular flexibility index (Phi) is 4.27. The molecule has 1 aromatic carbocycles. The van der Waals surface area contributed by atoms with Crippen LogP contribution in [0.5, 0.6) is 0 Å². The second-order valence-electron chi connectivity index (χ2n) is 6.25. The zero-order valence-electron chi connectivity index (χ0n) is 13.9. The number of nitrogens with zero attached hydrogens (tertiary/aromatic N) is 5. The van der Waals surface area contributed by atoms with Crippen LogP contribution in [0.3, 0.4) is 0 Å². The van der Waals surface area contributed by atoms with Gasteiger partial charge in [-0.15, -0.1) is 0 Å². The lowest BCUT2D eigenvalue weighted by Gasteiger charge is -2.36. The number of morpholine rings is 1. The molecule has 2 atom stereocenters. The minimum atomic E-state index is 0.152. The van der Waals surface area contributed by atoms with E-state index in [0.717, 1.165) is 35.6 Å². The predicted octanol–water partition coefficient (Wildman–Crippen LogP) is 3.74. The van der Waals surface area contributed by atoms with E-state index >= 15 is 0 Å². The molecule has 4 rings (SSSR count). The van der Waals surface area contributed by atoms with E-state index in [0.29, 0.717) is 10.0 Å². The van der Waals surface area contributed by atoms with Gasteiger partial charge in [-0.1, -0.05) is 23.2 Å². The van der Waals surface area contributed by atoms with Crippen LogP contribution in [-0.4, -0.2) is 45.0 Å². The monoisotopic (exact) mass is 377 g/mol. The standard InChI is InChI=1S/C17H17Cl2N5O/c1-10-7-23(8-11(2)25-10)16-13-6-22-24(17(13)21-9-20-16)12-3-4-14(18)15(19)5-12/h3-6,9-11H,7-8H2,1-2H3/t10-,11-/m0/s1. The Morgan fingerprint density at radius 1 is 1.08 bits per heavy atom. The van der Waals surface area contributed by atoms with E-state index in [1.165, 1.54) is 0 Å². The Hall–Kier alpha value is -1.89. The molecule has 8 heteroatoms. The Bertz CT molecular complexity index is 919. The quantitative estimate of drug-likeness (QED) is 0.680. The maximum absolute atomic E-state index is 6.14. The fourth-order valence-corrected chi connectivity index (χ4v) is 3.53. The van der Waals surface area contributed by atoms with E-state index in [1.54, 1.807) is 29.3 Å². The molecule has 1 aliphatic rings. The van der Waals surface area contributed by atoms with Crippen molar-refractivity contribution in [2.24, 2.45) is 0 Å². The Balaban J connectivity index is 1.79. The van der Waals surface area contributed by atoms with Crippen molar-refractivity contribution >= 4 is 40.1 Å². The van der Waals surface area contributed by atoms with Crippen molar-refractivity contribution < 1.29 is 4.74 Å². The first kappa shape index (κ1) is 16.6. The van der Waals surface area contributed by atoms with Gasteiger partial charge < -0.3 is 9.64 Å². The third kappa shape index (κ3) is 3.05. The van der Waals surface area contributed by atoms with Gasteiger partial charge in [-0.2, -0.15) is 5.10 Å². The number of rotatable bonds is 2. The van der Waals surface area contributed by atoms with Crippen LogP contribution in [0.4, 0.5) is 5.82 Å². The molecule has 0 spiro atoms. The molecule has 130 valence electrons. The smallest absolute Gasteiger partial charge is 0.168 e. The maximum atomic E-state index is 6.14. The summed E-state index contributed by atoms with van der Waals surface area (Å²) in [6.07, 6.45) is 3.66. The second-order valence-corrected chi connectivity index (χ2v) is 7.07. The summed E-state index contributed by atoms with van der Waals surface area (Å²) in [6, 6.07) is 5.39. The van der Waals surface area contributed by atoms with Gasteiger partial charge in [0.15, 0.2) is 5.65 Å². The number of fused-ring (bicyclic) bond motifs is 1. The summed E-state index contributed by atoms with van der Waals surface area (Å²) in [7, 11) is 0. The van der Waals surface area contributed by atoms with Gasteiger partial charge >= 0.3 is 0 Å². The SMILES string of the molecule is C[C@H]1CN(c2ncnc3c2cnn3-c2ccc(Cl)c(Cl)c2)C[C@H](C)O1. The highest BCUT2D eigenvalue weighted by molar-refractivity contribution is 6.42. The summed E-state index contributed by atoms with van der Waals surface area (Å²) in [5.41, 5.74) is 1.54.